The predicted octanol–water partition coefficient (Wildman–Crippen LogP) is 2.45. The monoisotopic (exact) mass is 378 g/mol. The van der Waals surface area contributed by atoms with E-state index in [1.165, 1.54) is 15.3 Å². The van der Waals surface area contributed by atoms with Gasteiger partial charge < -0.3 is 9.64 Å². The number of nitrogens with zero attached hydrogens (tertiary/aromatic N) is 2. The summed E-state index contributed by atoms with van der Waals surface area (Å²) >= 11 is 6.03. The maximum atomic E-state index is 13.2. The summed E-state index contributed by atoms with van der Waals surface area (Å²) in [5.74, 6) is 0.434. The molecule has 0 bridgehead atoms. The summed E-state index contributed by atoms with van der Waals surface area (Å²) in [5.41, 5.74) is 1.88. The Bertz CT molecular complexity index is 990. The van der Waals surface area contributed by atoms with Crippen LogP contribution in [0.25, 0.3) is 0 Å². The van der Waals surface area contributed by atoms with Crippen molar-refractivity contribution in [1.82, 2.24) is 0 Å². The van der Waals surface area contributed by atoms with Gasteiger partial charge in [-0.3, -0.25) is 9.10 Å². The average Bonchev–Trinajstić information content (AvgIpc) is 2.88. The Balaban J connectivity index is 1.79. The van der Waals surface area contributed by atoms with E-state index < -0.39 is 10.0 Å². The fourth-order valence-corrected chi connectivity index (χ4v) is 4.82. The third kappa shape index (κ3) is 2.54. The van der Waals surface area contributed by atoms with Crippen LogP contribution in [0, 0.1) is 0 Å². The van der Waals surface area contributed by atoms with E-state index in [0.717, 1.165) is 5.69 Å². The van der Waals surface area contributed by atoms with Gasteiger partial charge in [0.05, 0.1) is 23.5 Å². The average molecular weight is 379 g/mol. The fourth-order valence-electron chi connectivity index (χ4n) is 3.15. The first-order chi connectivity index (χ1) is 11.9. The van der Waals surface area contributed by atoms with Crippen molar-refractivity contribution >= 4 is 38.9 Å². The van der Waals surface area contributed by atoms with E-state index >= 15 is 0 Å². The standard InChI is InChI=1S/C17H15ClN2O4S/c1-19-14-4-3-13(8-11(14)9-17(19)21)25(22,23)20-6-7-24-16-5-2-12(18)10-15(16)20/h2-5,8,10H,6-7,9H2,1H3. The van der Waals surface area contributed by atoms with Gasteiger partial charge in [0.2, 0.25) is 5.91 Å². The van der Waals surface area contributed by atoms with Crippen LogP contribution in [0.2, 0.25) is 5.02 Å². The molecule has 6 nitrogen and oxygen atoms in total. The van der Waals surface area contributed by atoms with Gasteiger partial charge in [-0.1, -0.05) is 11.6 Å². The lowest BCUT2D eigenvalue weighted by Gasteiger charge is -2.30. The highest BCUT2D eigenvalue weighted by Gasteiger charge is 2.32. The van der Waals surface area contributed by atoms with Crippen LogP contribution in [0.15, 0.2) is 41.3 Å². The Hall–Kier alpha value is -2.25. The Morgan fingerprint density at radius 1 is 1.12 bits per heavy atom. The number of hydrogen-bond donors (Lipinski definition) is 0. The number of anilines is 2. The first-order valence-corrected chi connectivity index (χ1v) is 9.54. The third-order valence-electron chi connectivity index (χ3n) is 4.46. The van der Waals surface area contributed by atoms with Crippen molar-refractivity contribution in [1.29, 1.82) is 0 Å². The second-order valence-electron chi connectivity index (χ2n) is 5.96. The molecule has 4 rings (SSSR count). The number of likely N-dealkylation sites (N-methyl/N-ethyl adjacent to an activating group) is 1. The molecule has 2 aliphatic heterocycles. The number of carbonyl (C=O) groups excluding carboxylic acids is 1. The number of rotatable bonds is 2. The van der Waals surface area contributed by atoms with Crippen LogP contribution in [-0.2, 0) is 21.2 Å². The summed E-state index contributed by atoms with van der Waals surface area (Å²) in [5, 5.41) is 0.436. The van der Waals surface area contributed by atoms with E-state index in [4.69, 9.17) is 16.3 Å². The van der Waals surface area contributed by atoms with Gasteiger partial charge in [-0.05, 0) is 42.0 Å². The lowest BCUT2D eigenvalue weighted by Crippen LogP contribution is -2.37. The zero-order valence-electron chi connectivity index (χ0n) is 13.4. The van der Waals surface area contributed by atoms with Crippen LogP contribution >= 0.6 is 11.6 Å². The van der Waals surface area contributed by atoms with Crippen LogP contribution in [0.3, 0.4) is 0 Å². The fraction of sp³-hybridized carbons (Fsp3) is 0.235. The highest BCUT2D eigenvalue weighted by molar-refractivity contribution is 7.92. The minimum Gasteiger partial charge on any atom is -0.489 e. The van der Waals surface area contributed by atoms with Gasteiger partial charge in [-0.25, -0.2) is 8.42 Å². The van der Waals surface area contributed by atoms with Crippen LogP contribution in [-0.4, -0.2) is 34.5 Å². The molecule has 130 valence electrons. The summed E-state index contributed by atoms with van der Waals surface area (Å²) in [7, 11) is -2.10. The molecule has 2 aromatic rings. The molecule has 2 aromatic carbocycles. The molecule has 0 aliphatic carbocycles. The normalized spacial score (nSPS) is 16.5. The number of fused-ring (bicyclic) bond motifs is 2. The highest BCUT2D eigenvalue weighted by atomic mass is 35.5. The minimum atomic E-state index is -3.78. The molecule has 0 spiro atoms. The topological polar surface area (TPSA) is 66.9 Å². The molecule has 0 fully saturated rings. The first kappa shape index (κ1) is 16.2. The first-order valence-electron chi connectivity index (χ1n) is 7.72. The molecule has 0 saturated heterocycles. The number of ether oxygens (including phenoxy) is 1. The van der Waals surface area contributed by atoms with Crippen LogP contribution < -0.4 is 13.9 Å². The Labute approximate surface area is 150 Å². The molecule has 0 N–H and O–H groups in total. The summed E-state index contributed by atoms with van der Waals surface area (Å²) in [6.07, 6.45) is 0.209. The zero-order chi connectivity index (χ0) is 17.8. The van der Waals surface area contributed by atoms with Crippen molar-refractivity contribution in [2.45, 2.75) is 11.3 Å². The molecule has 0 aromatic heterocycles. The van der Waals surface area contributed by atoms with Gasteiger partial charge in [0.1, 0.15) is 12.4 Å². The highest BCUT2D eigenvalue weighted by Crippen LogP contribution is 2.38. The third-order valence-corrected chi connectivity index (χ3v) is 6.50. The van der Waals surface area contributed by atoms with Crippen molar-refractivity contribution in [3.8, 4) is 5.75 Å². The van der Waals surface area contributed by atoms with Gasteiger partial charge in [0.25, 0.3) is 10.0 Å². The number of halogens is 1. The maximum absolute atomic E-state index is 13.2. The number of sulfonamides is 1. The molecular formula is C17H15ClN2O4S. The molecule has 1 amide bonds. The number of hydrogen-bond acceptors (Lipinski definition) is 4. The van der Waals surface area contributed by atoms with Gasteiger partial charge in [0.15, 0.2) is 0 Å². The molecular weight excluding hydrogens is 364 g/mol. The van der Waals surface area contributed by atoms with Gasteiger partial charge >= 0.3 is 0 Å². The Morgan fingerprint density at radius 3 is 2.72 bits per heavy atom. The van der Waals surface area contributed by atoms with Gasteiger partial charge in [0, 0.05) is 17.8 Å². The van der Waals surface area contributed by atoms with E-state index in [2.05, 4.69) is 0 Å². The Kier molecular flexibility index (Phi) is 3.66. The summed E-state index contributed by atoms with van der Waals surface area (Å²) in [6.45, 7) is 0.464. The van der Waals surface area contributed by atoms with E-state index in [0.29, 0.717) is 22.0 Å². The SMILES string of the molecule is CN1C(=O)Cc2cc(S(=O)(=O)N3CCOc4ccc(Cl)cc43)ccc21. The van der Waals surface area contributed by atoms with Crippen LogP contribution in [0.4, 0.5) is 11.4 Å². The molecule has 2 aliphatic rings. The quantitative estimate of drug-likeness (QED) is 0.805. The van der Waals surface area contributed by atoms with Crippen molar-refractivity contribution in [3.05, 3.63) is 47.0 Å². The van der Waals surface area contributed by atoms with Crippen molar-refractivity contribution < 1.29 is 17.9 Å². The molecule has 0 unspecified atom stereocenters. The van der Waals surface area contributed by atoms with E-state index in [1.807, 2.05) is 0 Å². The summed E-state index contributed by atoms with van der Waals surface area (Å²) in [6, 6.07) is 9.68. The predicted molar refractivity (Wildman–Crippen MR) is 95.0 cm³/mol. The summed E-state index contributed by atoms with van der Waals surface area (Å²) in [4.78, 5) is 13.5. The van der Waals surface area contributed by atoms with Crippen molar-refractivity contribution in [3.63, 3.8) is 0 Å². The zero-order valence-corrected chi connectivity index (χ0v) is 15.0. The molecule has 0 saturated carbocycles. The van der Waals surface area contributed by atoms with Crippen LogP contribution in [0.1, 0.15) is 5.56 Å². The van der Waals surface area contributed by atoms with E-state index in [-0.39, 0.29) is 30.4 Å². The van der Waals surface area contributed by atoms with Crippen molar-refractivity contribution in [2.75, 3.05) is 29.4 Å². The number of benzene rings is 2. The molecule has 25 heavy (non-hydrogen) atoms. The molecule has 8 heteroatoms. The lowest BCUT2D eigenvalue weighted by atomic mass is 10.2. The molecule has 0 radical (unpaired) electrons. The van der Waals surface area contributed by atoms with Crippen LogP contribution in [0.5, 0.6) is 5.75 Å². The second-order valence-corrected chi connectivity index (χ2v) is 8.26. The van der Waals surface area contributed by atoms with Crippen molar-refractivity contribution in [2.24, 2.45) is 0 Å². The minimum absolute atomic E-state index is 0.0481. The lowest BCUT2D eigenvalue weighted by molar-refractivity contribution is -0.117. The summed E-state index contributed by atoms with van der Waals surface area (Å²) < 4.78 is 33.1. The number of amides is 1. The van der Waals surface area contributed by atoms with Gasteiger partial charge in [-0.15, -0.1) is 0 Å². The Morgan fingerprint density at radius 2 is 1.92 bits per heavy atom. The smallest absolute Gasteiger partial charge is 0.264 e. The van der Waals surface area contributed by atoms with E-state index in [1.54, 1.807) is 37.4 Å². The molecule has 0 atom stereocenters. The number of carbonyl (C=O) groups is 1. The maximum Gasteiger partial charge on any atom is 0.264 e. The second kappa shape index (κ2) is 5.64. The van der Waals surface area contributed by atoms with E-state index in [9.17, 15) is 13.2 Å². The van der Waals surface area contributed by atoms with Gasteiger partial charge in [-0.2, -0.15) is 0 Å². The largest absolute Gasteiger partial charge is 0.489 e. The molecule has 2 heterocycles.